The van der Waals surface area contributed by atoms with Crippen molar-refractivity contribution in [2.75, 3.05) is 6.54 Å². The third-order valence-corrected chi connectivity index (χ3v) is 5.36. The number of carbonyl (C=O) groups is 1. The van der Waals surface area contributed by atoms with E-state index in [2.05, 4.69) is 31.0 Å². The number of fused-ring (bicyclic) bond motifs is 2. The summed E-state index contributed by atoms with van der Waals surface area (Å²) in [5, 5.41) is 3.26. The van der Waals surface area contributed by atoms with Gasteiger partial charge in [0.1, 0.15) is 0 Å². The summed E-state index contributed by atoms with van der Waals surface area (Å²) in [6.45, 7) is 8.04. The van der Waals surface area contributed by atoms with E-state index in [1.54, 1.807) is 0 Å². The van der Waals surface area contributed by atoms with Crippen LogP contribution >= 0.6 is 0 Å². The Kier molecular flexibility index (Phi) is 3.06. The molecule has 3 aliphatic rings. The number of nitrogens with one attached hydrogen (secondary N) is 1. The second-order valence-corrected chi connectivity index (χ2v) is 8.27. The van der Waals surface area contributed by atoms with Crippen LogP contribution in [0.5, 0.6) is 0 Å². The normalized spacial score (nSPS) is 37.6. The van der Waals surface area contributed by atoms with E-state index in [4.69, 9.17) is 0 Å². The standard InChI is InChI=1S/C16H28N2O/c1-15(2)8-13-9-16(3,10-15)11-18(13)14(19)17-12-6-4-5-7-12/h12-13H,4-11H2,1-3H3,(H,17,19). The Balaban J connectivity index is 1.67. The smallest absolute Gasteiger partial charge is 0.317 e. The van der Waals surface area contributed by atoms with Crippen molar-refractivity contribution in [1.29, 1.82) is 0 Å². The molecule has 1 heterocycles. The first-order valence-electron chi connectivity index (χ1n) is 7.94. The minimum absolute atomic E-state index is 0.207. The van der Waals surface area contributed by atoms with Gasteiger partial charge in [0, 0.05) is 18.6 Å². The lowest BCUT2D eigenvalue weighted by Crippen LogP contribution is -2.46. The largest absolute Gasteiger partial charge is 0.335 e. The number of carbonyl (C=O) groups excluding carboxylic acids is 1. The number of nitrogens with zero attached hydrogens (tertiary/aromatic N) is 1. The van der Waals surface area contributed by atoms with Crippen LogP contribution in [0.4, 0.5) is 4.79 Å². The van der Waals surface area contributed by atoms with Crippen LogP contribution in [0.25, 0.3) is 0 Å². The van der Waals surface area contributed by atoms with Crippen molar-refractivity contribution in [2.24, 2.45) is 10.8 Å². The molecule has 2 atom stereocenters. The van der Waals surface area contributed by atoms with Crippen LogP contribution in [0.15, 0.2) is 0 Å². The molecule has 3 rings (SSSR count). The molecule has 3 nitrogen and oxygen atoms in total. The highest BCUT2D eigenvalue weighted by molar-refractivity contribution is 5.75. The summed E-state index contributed by atoms with van der Waals surface area (Å²) in [5.74, 6) is 0. The molecule has 1 saturated heterocycles. The van der Waals surface area contributed by atoms with Gasteiger partial charge < -0.3 is 10.2 Å². The molecule has 0 aromatic carbocycles. The van der Waals surface area contributed by atoms with E-state index in [9.17, 15) is 4.79 Å². The van der Waals surface area contributed by atoms with Crippen LogP contribution in [-0.2, 0) is 0 Å². The second kappa shape index (κ2) is 4.39. The first kappa shape index (κ1) is 13.3. The molecule has 3 fully saturated rings. The summed E-state index contributed by atoms with van der Waals surface area (Å²) in [5.41, 5.74) is 0.736. The third kappa shape index (κ3) is 2.61. The maximum absolute atomic E-state index is 12.5. The van der Waals surface area contributed by atoms with Crippen LogP contribution in [0.1, 0.15) is 65.7 Å². The van der Waals surface area contributed by atoms with Crippen LogP contribution in [0, 0.1) is 10.8 Å². The number of likely N-dealkylation sites (tertiary alicyclic amines) is 1. The molecule has 0 aromatic rings. The minimum atomic E-state index is 0.207. The Bertz CT molecular complexity index is 373. The molecule has 3 heteroatoms. The van der Waals surface area contributed by atoms with Gasteiger partial charge in [0.15, 0.2) is 0 Å². The van der Waals surface area contributed by atoms with E-state index in [1.165, 1.54) is 44.9 Å². The van der Waals surface area contributed by atoms with Crippen molar-refractivity contribution in [3.63, 3.8) is 0 Å². The maximum Gasteiger partial charge on any atom is 0.317 e. The van der Waals surface area contributed by atoms with Gasteiger partial charge in [0.2, 0.25) is 0 Å². The van der Waals surface area contributed by atoms with Gasteiger partial charge in [-0.1, -0.05) is 33.6 Å². The molecule has 108 valence electrons. The zero-order valence-electron chi connectivity index (χ0n) is 12.7. The van der Waals surface area contributed by atoms with E-state index in [-0.39, 0.29) is 6.03 Å². The Hall–Kier alpha value is -0.730. The fourth-order valence-electron chi connectivity index (χ4n) is 5.03. The second-order valence-electron chi connectivity index (χ2n) is 8.27. The SMILES string of the molecule is CC1(C)CC2CC(C)(CN2C(=O)NC2CCCC2)C1. The van der Waals surface area contributed by atoms with Crippen molar-refractivity contribution >= 4 is 6.03 Å². The van der Waals surface area contributed by atoms with Crippen LogP contribution in [0.2, 0.25) is 0 Å². The van der Waals surface area contributed by atoms with Crippen molar-refractivity contribution in [3.8, 4) is 0 Å². The number of rotatable bonds is 1. The van der Waals surface area contributed by atoms with Gasteiger partial charge in [-0.15, -0.1) is 0 Å². The Morgan fingerprint density at radius 2 is 1.84 bits per heavy atom. The molecular formula is C16H28N2O. The topological polar surface area (TPSA) is 32.3 Å². The molecule has 2 unspecified atom stereocenters. The summed E-state index contributed by atoms with van der Waals surface area (Å²) < 4.78 is 0. The molecule has 0 spiro atoms. The predicted octanol–water partition coefficient (Wildman–Crippen LogP) is 3.54. The molecule has 1 aliphatic heterocycles. The number of urea groups is 1. The van der Waals surface area contributed by atoms with Crippen molar-refractivity contribution in [2.45, 2.75) is 77.8 Å². The maximum atomic E-state index is 12.5. The third-order valence-electron chi connectivity index (χ3n) is 5.36. The van der Waals surface area contributed by atoms with Crippen LogP contribution in [-0.4, -0.2) is 29.6 Å². The first-order valence-corrected chi connectivity index (χ1v) is 7.94. The highest BCUT2D eigenvalue weighted by Gasteiger charge is 2.51. The van der Waals surface area contributed by atoms with Gasteiger partial charge in [-0.2, -0.15) is 0 Å². The summed E-state index contributed by atoms with van der Waals surface area (Å²) in [6.07, 6.45) is 8.52. The lowest BCUT2D eigenvalue weighted by molar-refractivity contribution is 0.129. The molecule has 2 aliphatic carbocycles. The van der Waals surface area contributed by atoms with Gasteiger partial charge in [-0.25, -0.2) is 4.79 Å². The fourth-order valence-corrected chi connectivity index (χ4v) is 5.03. The predicted molar refractivity (Wildman–Crippen MR) is 77.0 cm³/mol. The monoisotopic (exact) mass is 264 g/mol. The molecular weight excluding hydrogens is 236 g/mol. The molecule has 2 saturated carbocycles. The zero-order valence-corrected chi connectivity index (χ0v) is 12.7. The molecule has 1 N–H and O–H groups in total. The van der Waals surface area contributed by atoms with E-state index >= 15 is 0 Å². The lowest BCUT2D eigenvalue weighted by atomic mass is 9.65. The Labute approximate surface area is 117 Å². The summed E-state index contributed by atoms with van der Waals surface area (Å²) in [6, 6.07) is 1.11. The van der Waals surface area contributed by atoms with E-state index in [1.807, 2.05) is 0 Å². The fraction of sp³-hybridized carbons (Fsp3) is 0.938. The Morgan fingerprint density at radius 3 is 2.53 bits per heavy atom. The van der Waals surface area contributed by atoms with E-state index in [0.717, 1.165) is 6.54 Å². The quantitative estimate of drug-likeness (QED) is 0.772. The number of amides is 2. The average molecular weight is 264 g/mol. The van der Waals surface area contributed by atoms with Crippen molar-refractivity contribution in [1.82, 2.24) is 10.2 Å². The highest BCUT2D eigenvalue weighted by Crippen LogP contribution is 2.52. The molecule has 19 heavy (non-hydrogen) atoms. The highest BCUT2D eigenvalue weighted by atomic mass is 16.2. The van der Waals surface area contributed by atoms with Gasteiger partial charge in [-0.05, 0) is 42.9 Å². The summed E-state index contributed by atoms with van der Waals surface area (Å²) in [4.78, 5) is 14.7. The molecule has 2 bridgehead atoms. The summed E-state index contributed by atoms with van der Waals surface area (Å²) >= 11 is 0. The van der Waals surface area contributed by atoms with Gasteiger partial charge in [-0.3, -0.25) is 0 Å². The number of hydrogen-bond acceptors (Lipinski definition) is 1. The van der Waals surface area contributed by atoms with Crippen molar-refractivity contribution in [3.05, 3.63) is 0 Å². The van der Waals surface area contributed by atoms with E-state index in [0.29, 0.717) is 22.9 Å². The van der Waals surface area contributed by atoms with Crippen LogP contribution < -0.4 is 5.32 Å². The first-order chi connectivity index (χ1) is 8.87. The van der Waals surface area contributed by atoms with Crippen LogP contribution in [0.3, 0.4) is 0 Å². The van der Waals surface area contributed by atoms with Crippen molar-refractivity contribution < 1.29 is 4.79 Å². The molecule has 2 amide bonds. The molecule has 0 radical (unpaired) electrons. The zero-order chi connectivity index (χ0) is 13.7. The molecule has 0 aromatic heterocycles. The lowest BCUT2D eigenvalue weighted by Gasteiger charge is -2.39. The Morgan fingerprint density at radius 1 is 1.16 bits per heavy atom. The van der Waals surface area contributed by atoms with E-state index < -0.39 is 0 Å². The number of hydrogen-bond donors (Lipinski definition) is 1. The van der Waals surface area contributed by atoms with Gasteiger partial charge in [0.25, 0.3) is 0 Å². The average Bonchev–Trinajstić information content (AvgIpc) is 2.83. The summed E-state index contributed by atoms with van der Waals surface area (Å²) in [7, 11) is 0. The minimum Gasteiger partial charge on any atom is -0.335 e. The van der Waals surface area contributed by atoms with Gasteiger partial charge in [0.05, 0.1) is 0 Å². The van der Waals surface area contributed by atoms with Gasteiger partial charge >= 0.3 is 6.03 Å².